The van der Waals surface area contributed by atoms with Gasteiger partial charge in [0.05, 0.1) is 12.3 Å². The number of aromatic nitrogens is 2. The quantitative estimate of drug-likeness (QED) is 0.938. The molecule has 0 saturated heterocycles. The Bertz CT molecular complexity index is 606. The molecule has 3 rings (SSSR count). The molecular weight excluding hydrogens is 318 g/mol. The van der Waals surface area contributed by atoms with Crippen molar-refractivity contribution < 1.29 is 4.74 Å². The van der Waals surface area contributed by atoms with Gasteiger partial charge in [0.25, 0.3) is 0 Å². The van der Waals surface area contributed by atoms with Crippen molar-refractivity contribution in [3.8, 4) is 17.0 Å². The number of rotatable bonds is 3. The predicted molar refractivity (Wildman–Crippen MR) is 82.8 cm³/mol. The first-order chi connectivity index (χ1) is 9.69. The van der Waals surface area contributed by atoms with Gasteiger partial charge in [0.1, 0.15) is 5.75 Å². The third kappa shape index (κ3) is 2.47. The van der Waals surface area contributed by atoms with Crippen LogP contribution in [0.1, 0.15) is 19.0 Å². The van der Waals surface area contributed by atoms with Crippen LogP contribution in [0, 0.1) is 0 Å². The maximum Gasteiger partial charge on any atom is 0.177 e. The van der Waals surface area contributed by atoms with Crippen LogP contribution in [0.2, 0.25) is 0 Å². The van der Waals surface area contributed by atoms with Crippen molar-refractivity contribution in [3.05, 3.63) is 34.7 Å². The van der Waals surface area contributed by atoms with Crippen molar-refractivity contribution in [2.45, 2.75) is 32.4 Å². The lowest BCUT2D eigenvalue weighted by Crippen LogP contribution is -2.31. The van der Waals surface area contributed by atoms with Crippen LogP contribution in [0.5, 0.6) is 5.75 Å². The monoisotopic (exact) mass is 335 g/mol. The highest BCUT2D eigenvalue weighted by molar-refractivity contribution is 9.10. The molecule has 1 unspecified atom stereocenters. The molecule has 0 radical (unpaired) electrons. The number of halogens is 1. The van der Waals surface area contributed by atoms with Gasteiger partial charge in [-0.3, -0.25) is 0 Å². The minimum Gasteiger partial charge on any atom is -0.494 e. The molecule has 2 aromatic rings. The van der Waals surface area contributed by atoms with E-state index in [0.717, 1.165) is 41.1 Å². The fourth-order valence-corrected chi connectivity index (χ4v) is 3.19. The number of hydrogen-bond donors (Lipinski definition) is 1. The smallest absolute Gasteiger partial charge is 0.177 e. The van der Waals surface area contributed by atoms with Crippen LogP contribution < -0.4 is 10.5 Å². The third-order valence-corrected chi connectivity index (χ3v) is 4.24. The summed E-state index contributed by atoms with van der Waals surface area (Å²) in [6.07, 6.45) is 1.99. The summed E-state index contributed by atoms with van der Waals surface area (Å²) in [5.74, 6) is 0.894. The zero-order valence-electron chi connectivity index (χ0n) is 11.5. The van der Waals surface area contributed by atoms with Crippen LogP contribution in [0.25, 0.3) is 11.3 Å². The lowest BCUT2D eigenvalue weighted by Gasteiger charge is -2.22. The second-order valence-corrected chi connectivity index (χ2v) is 5.75. The number of nitrogens with zero attached hydrogens (tertiary/aromatic N) is 2. The molecule has 0 saturated carbocycles. The van der Waals surface area contributed by atoms with E-state index in [2.05, 4.69) is 37.6 Å². The average molecular weight is 336 g/mol. The van der Waals surface area contributed by atoms with Gasteiger partial charge in [-0.2, -0.15) is 0 Å². The molecule has 20 heavy (non-hydrogen) atoms. The summed E-state index contributed by atoms with van der Waals surface area (Å²) in [6, 6.07) is 8.34. The van der Waals surface area contributed by atoms with Crippen molar-refractivity contribution in [2.24, 2.45) is 5.73 Å². The van der Waals surface area contributed by atoms with Crippen LogP contribution in [0.4, 0.5) is 0 Å². The Morgan fingerprint density at radius 3 is 2.85 bits per heavy atom. The molecule has 1 aliphatic heterocycles. The summed E-state index contributed by atoms with van der Waals surface area (Å²) in [5, 5.41) is 0. The Morgan fingerprint density at radius 1 is 1.40 bits per heavy atom. The van der Waals surface area contributed by atoms with Crippen molar-refractivity contribution in [1.82, 2.24) is 9.55 Å². The minimum absolute atomic E-state index is 0.223. The topological polar surface area (TPSA) is 53.1 Å². The second-order valence-electron chi connectivity index (χ2n) is 5.04. The highest BCUT2D eigenvalue weighted by Crippen LogP contribution is 2.31. The molecule has 1 aromatic heterocycles. The number of nitrogens with two attached hydrogens (primary N) is 1. The van der Waals surface area contributed by atoms with Gasteiger partial charge in [-0.1, -0.05) is 0 Å². The molecule has 5 heteroatoms. The Morgan fingerprint density at radius 2 is 2.15 bits per heavy atom. The van der Waals surface area contributed by atoms with Gasteiger partial charge in [0.2, 0.25) is 0 Å². The first-order valence-electron chi connectivity index (χ1n) is 6.92. The number of ether oxygens (including phenoxy) is 1. The van der Waals surface area contributed by atoms with Crippen LogP contribution >= 0.6 is 15.9 Å². The SMILES string of the molecule is CCOc1ccc(-c2nc(Br)n3c2CCC(N)C3)cc1. The van der Waals surface area contributed by atoms with Crippen LogP contribution in [-0.2, 0) is 13.0 Å². The summed E-state index contributed by atoms with van der Waals surface area (Å²) in [7, 11) is 0. The lowest BCUT2D eigenvalue weighted by molar-refractivity contribution is 0.340. The first kappa shape index (κ1) is 13.6. The summed E-state index contributed by atoms with van der Waals surface area (Å²) < 4.78 is 8.52. The van der Waals surface area contributed by atoms with Gasteiger partial charge in [-0.25, -0.2) is 4.98 Å². The van der Waals surface area contributed by atoms with E-state index in [0.29, 0.717) is 6.61 Å². The average Bonchev–Trinajstić information content (AvgIpc) is 2.77. The normalized spacial score (nSPS) is 17.9. The van der Waals surface area contributed by atoms with E-state index in [1.54, 1.807) is 0 Å². The summed E-state index contributed by atoms with van der Waals surface area (Å²) in [5.41, 5.74) is 9.47. The fraction of sp³-hybridized carbons (Fsp3) is 0.400. The molecule has 2 N–H and O–H groups in total. The molecule has 1 aliphatic rings. The predicted octanol–water partition coefficient (Wildman–Crippen LogP) is 2.98. The van der Waals surface area contributed by atoms with Crippen molar-refractivity contribution in [3.63, 3.8) is 0 Å². The molecule has 4 nitrogen and oxygen atoms in total. The van der Waals surface area contributed by atoms with E-state index in [4.69, 9.17) is 10.5 Å². The Hall–Kier alpha value is -1.33. The lowest BCUT2D eigenvalue weighted by atomic mass is 10.0. The van der Waals surface area contributed by atoms with Gasteiger partial charge < -0.3 is 15.0 Å². The molecule has 2 heterocycles. The molecular formula is C15H18BrN3O. The zero-order chi connectivity index (χ0) is 14.1. The molecule has 0 aliphatic carbocycles. The van der Waals surface area contributed by atoms with Crippen LogP contribution in [0.3, 0.4) is 0 Å². The molecule has 106 valence electrons. The van der Waals surface area contributed by atoms with Crippen LogP contribution in [0.15, 0.2) is 29.0 Å². The van der Waals surface area contributed by atoms with E-state index >= 15 is 0 Å². The molecule has 0 bridgehead atoms. The minimum atomic E-state index is 0.223. The molecule has 1 atom stereocenters. The highest BCUT2D eigenvalue weighted by atomic mass is 79.9. The molecule has 1 aromatic carbocycles. The van der Waals surface area contributed by atoms with Gasteiger partial charge in [0.15, 0.2) is 4.73 Å². The Balaban J connectivity index is 1.96. The van der Waals surface area contributed by atoms with E-state index < -0.39 is 0 Å². The van der Waals surface area contributed by atoms with E-state index in [1.807, 2.05) is 19.1 Å². The van der Waals surface area contributed by atoms with Crippen molar-refractivity contribution in [1.29, 1.82) is 0 Å². The standard InChI is InChI=1S/C15H18BrN3O/c1-2-20-12-6-3-10(4-7-12)14-13-8-5-11(17)9-19(13)15(16)18-14/h3-4,6-7,11H,2,5,8-9,17H2,1H3. The molecule has 0 spiro atoms. The summed E-state index contributed by atoms with van der Waals surface area (Å²) >= 11 is 3.54. The van der Waals surface area contributed by atoms with Gasteiger partial charge in [-0.05, 0) is 60.0 Å². The Kier molecular flexibility index (Phi) is 3.81. The number of imidazole rings is 1. The van der Waals surface area contributed by atoms with E-state index in [9.17, 15) is 0 Å². The maximum atomic E-state index is 6.03. The largest absolute Gasteiger partial charge is 0.494 e. The first-order valence-corrected chi connectivity index (χ1v) is 7.72. The number of benzene rings is 1. The van der Waals surface area contributed by atoms with Crippen LogP contribution in [-0.4, -0.2) is 22.2 Å². The van der Waals surface area contributed by atoms with E-state index in [1.165, 1.54) is 5.69 Å². The Labute approximate surface area is 127 Å². The van der Waals surface area contributed by atoms with Gasteiger partial charge in [-0.15, -0.1) is 0 Å². The second kappa shape index (κ2) is 5.58. The third-order valence-electron chi connectivity index (χ3n) is 3.63. The molecule has 0 amide bonds. The maximum absolute atomic E-state index is 6.03. The van der Waals surface area contributed by atoms with Gasteiger partial charge in [0, 0.05) is 23.8 Å². The van der Waals surface area contributed by atoms with Gasteiger partial charge >= 0.3 is 0 Å². The summed E-state index contributed by atoms with van der Waals surface area (Å²) in [4.78, 5) is 4.66. The number of fused-ring (bicyclic) bond motifs is 1. The van der Waals surface area contributed by atoms with Crippen molar-refractivity contribution in [2.75, 3.05) is 6.61 Å². The highest BCUT2D eigenvalue weighted by Gasteiger charge is 2.23. The van der Waals surface area contributed by atoms with Crippen molar-refractivity contribution >= 4 is 15.9 Å². The fourth-order valence-electron chi connectivity index (χ4n) is 2.65. The summed E-state index contributed by atoms with van der Waals surface area (Å²) in [6.45, 7) is 3.50. The van der Waals surface area contributed by atoms with E-state index in [-0.39, 0.29) is 6.04 Å². The molecule has 0 fully saturated rings. The zero-order valence-corrected chi connectivity index (χ0v) is 13.1. The number of hydrogen-bond acceptors (Lipinski definition) is 3.